The molecule has 0 aliphatic rings. The molecule has 0 spiro atoms. The van der Waals surface area contributed by atoms with Crippen LogP contribution < -0.4 is 0 Å². The number of hydrogen-bond donors (Lipinski definition) is 0. The molecule has 0 aliphatic carbocycles. The van der Waals surface area contributed by atoms with E-state index < -0.39 is 0 Å². The minimum Gasteiger partial charge on any atom is -0.340 e. The van der Waals surface area contributed by atoms with Gasteiger partial charge in [0.05, 0.1) is 5.25 Å². The average Bonchev–Trinajstić information content (AvgIpc) is 2.48. The summed E-state index contributed by atoms with van der Waals surface area (Å²) in [6.45, 7) is 2.26. The highest BCUT2D eigenvalue weighted by Crippen LogP contribution is 2.26. The van der Waals surface area contributed by atoms with E-state index >= 15 is 0 Å². The van der Waals surface area contributed by atoms with Gasteiger partial charge in [-0.15, -0.1) is 11.8 Å². The zero-order valence-corrected chi connectivity index (χ0v) is 14.0. The molecule has 0 saturated heterocycles. The van der Waals surface area contributed by atoms with Gasteiger partial charge >= 0.3 is 0 Å². The zero-order chi connectivity index (χ0) is 16.1. The second-order valence-corrected chi connectivity index (χ2v) is 6.89. The van der Waals surface area contributed by atoms with Crippen LogP contribution in [0.25, 0.3) is 0 Å². The van der Waals surface area contributed by atoms with Gasteiger partial charge in [-0.2, -0.15) is 0 Å². The highest BCUT2D eigenvalue weighted by molar-refractivity contribution is 8.00. The summed E-state index contributed by atoms with van der Waals surface area (Å²) >= 11 is 7.33. The summed E-state index contributed by atoms with van der Waals surface area (Å²) in [6, 6.07) is 13.7. The molecule has 0 fully saturated rings. The Hall–Kier alpha value is -1.52. The largest absolute Gasteiger partial charge is 0.340 e. The molecule has 0 saturated carbocycles. The number of benzene rings is 2. The molecule has 116 valence electrons. The van der Waals surface area contributed by atoms with Crippen LogP contribution in [0.2, 0.25) is 5.02 Å². The first-order valence-corrected chi connectivity index (χ1v) is 8.13. The second kappa shape index (κ2) is 7.65. The number of rotatable bonds is 5. The van der Waals surface area contributed by atoms with Crippen molar-refractivity contribution >= 4 is 29.3 Å². The summed E-state index contributed by atoms with van der Waals surface area (Å²) in [7, 11) is 1.73. The lowest BCUT2D eigenvalue weighted by atomic mass is 10.2. The van der Waals surface area contributed by atoms with Gasteiger partial charge in [-0.3, -0.25) is 4.79 Å². The van der Waals surface area contributed by atoms with Gasteiger partial charge in [0.15, 0.2) is 0 Å². The molecule has 1 unspecified atom stereocenters. The van der Waals surface area contributed by atoms with E-state index in [1.807, 2.05) is 25.1 Å². The smallest absolute Gasteiger partial charge is 0.235 e. The quantitative estimate of drug-likeness (QED) is 0.742. The van der Waals surface area contributed by atoms with Crippen molar-refractivity contribution in [2.45, 2.75) is 23.6 Å². The van der Waals surface area contributed by atoms with Crippen molar-refractivity contribution in [2.75, 3.05) is 7.05 Å². The van der Waals surface area contributed by atoms with Crippen LogP contribution in [-0.4, -0.2) is 23.1 Å². The van der Waals surface area contributed by atoms with E-state index in [1.54, 1.807) is 30.1 Å². The fourth-order valence-corrected chi connectivity index (χ4v) is 3.17. The van der Waals surface area contributed by atoms with E-state index in [1.165, 1.54) is 23.9 Å². The van der Waals surface area contributed by atoms with Crippen molar-refractivity contribution in [1.82, 2.24) is 4.90 Å². The van der Waals surface area contributed by atoms with E-state index in [0.717, 1.165) is 10.5 Å². The lowest BCUT2D eigenvalue weighted by Crippen LogP contribution is -2.32. The summed E-state index contributed by atoms with van der Waals surface area (Å²) in [5.41, 5.74) is 0.777. The molecule has 2 nitrogen and oxygen atoms in total. The Labute approximate surface area is 139 Å². The Bertz CT molecular complexity index is 647. The lowest BCUT2D eigenvalue weighted by Gasteiger charge is -2.21. The van der Waals surface area contributed by atoms with Crippen LogP contribution in [0, 0.1) is 5.82 Å². The van der Waals surface area contributed by atoms with Crippen LogP contribution in [0.4, 0.5) is 4.39 Å². The normalized spacial score (nSPS) is 12.0. The first-order valence-electron chi connectivity index (χ1n) is 6.87. The Kier molecular flexibility index (Phi) is 5.86. The predicted molar refractivity (Wildman–Crippen MR) is 89.6 cm³/mol. The maximum atomic E-state index is 13.2. The maximum Gasteiger partial charge on any atom is 0.235 e. The lowest BCUT2D eigenvalue weighted by molar-refractivity contribution is -0.129. The van der Waals surface area contributed by atoms with Crippen molar-refractivity contribution in [3.05, 3.63) is 64.9 Å². The van der Waals surface area contributed by atoms with Gasteiger partial charge in [-0.1, -0.05) is 23.7 Å². The molecule has 0 radical (unpaired) electrons. The molecule has 2 rings (SSSR count). The third kappa shape index (κ3) is 4.75. The van der Waals surface area contributed by atoms with Crippen molar-refractivity contribution in [1.29, 1.82) is 0 Å². The standard InChI is InChI=1S/C17H17ClFNOS/c1-12(22-16-8-6-14(18)7-9-16)17(21)20(2)11-13-4-3-5-15(19)10-13/h3-10,12H,11H2,1-2H3. The van der Waals surface area contributed by atoms with Gasteiger partial charge < -0.3 is 4.90 Å². The molecule has 22 heavy (non-hydrogen) atoms. The number of nitrogens with zero attached hydrogens (tertiary/aromatic N) is 1. The molecule has 0 heterocycles. The fourth-order valence-electron chi connectivity index (χ4n) is 2.07. The first-order chi connectivity index (χ1) is 10.5. The summed E-state index contributed by atoms with van der Waals surface area (Å²) < 4.78 is 13.2. The van der Waals surface area contributed by atoms with Crippen molar-refractivity contribution in [3.63, 3.8) is 0 Å². The van der Waals surface area contributed by atoms with Crippen LogP contribution in [0.15, 0.2) is 53.4 Å². The van der Waals surface area contributed by atoms with Gasteiger partial charge in [0.25, 0.3) is 0 Å². The topological polar surface area (TPSA) is 20.3 Å². The first kappa shape index (κ1) is 16.8. The van der Waals surface area contributed by atoms with E-state index in [0.29, 0.717) is 11.6 Å². The maximum absolute atomic E-state index is 13.2. The number of amides is 1. The molecule has 2 aromatic carbocycles. The number of halogens is 2. The summed E-state index contributed by atoms with van der Waals surface area (Å²) in [5.74, 6) is -0.286. The van der Waals surface area contributed by atoms with Crippen LogP contribution in [-0.2, 0) is 11.3 Å². The Balaban J connectivity index is 1.96. The molecular weight excluding hydrogens is 321 g/mol. The average molecular weight is 338 g/mol. The Morgan fingerprint density at radius 1 is 1.27 bits per heavy atom. The highest BCUT2D eigenvalue weighted by atomic mass is 35.5. The van der Waals surface area contributed by atoms with Crippen molar-refractivity contribution in [2.24, 2.45) is 0 Å². The number of carbonyl (C=O) groups is 1. The number of thioether (sulfide) groups is 1. The van der Waals surface area contributed by atoms with Crippen LogP contribution >= 0.6 is 23.4 Å². The van der Waals surface area contributed by atoms with Gasteiger partial charge in [0, 0.05) is 23.5 Å². The summed E-state index contributed by atoms with van der Waals surface area (Å²) in [6.07, 6.45) is 0. The minimum atomic E-state index is -0.290. The monoisotopic (exact) mass is 337 g/mol. The van der Waals surface area contributed by atoms with Crippen LogP contribution in [0.5, 0.6) is 0 Å². The zero-order valence-electron chi connectivity index (χ0n) is 12.4. The second-order valence-electron chi connectivity index (χ2n) is 5.04. The van der Waals surface area contributed by atoms with E-state index in [4.69, 9.17) is 11.6 Å². The third-order valence-corrected chi connectivity index (χ3v) is 4.51. The summed E-state index contributed by atoms with van der Waals surface area (Å²) in [5, 5.41) is 0.450. The van der Waals surface area contributed by atoms with Gasteiger partial charge in [0.1, 0.15) is 5.82 Å². The molecule has 1 atom stereocenters. The van der Waals surface area contributed by atoms with E-state index in [2.05, 4.69) is 0 Å². The number of carbonyl (C=O) groups excluding carboxylic acids is 1. The van der Waals surface area contributed by atoms with Crippen molar-refractivity contribution < 1.29 is 9.18 Å². The summed E-state index contributed by atoms with van der Waals surface area (Å²) in [4.78, 5) is 15.0. The van der Waals surface area contributed by atoms with Gasteiger partial charge in [-0.05, 0) is 48.9 Å². The molecule has 2 aromatic rings. The Morgan fingerprint density at radius 2 is 1.95 bits per heavy atom. The molecule has 1 amide bonds. The van der Waals surface area contributed by atoms with E-state index in [-0.39, 0.29) is 17.0 Å². The van der Waals surface area contributed by atoms with Crippen LogP contribution in [0.3, 0.4) is 0 Å². The Morgan fingerprint density at radius 3 is 2.59 bits per heavy atom. The molecule has 0 aromatic heterocycles. The van der Waals surface area contributed by atoms with E-state index in [9.17, 15) is 9.18 Å². The third-order valence-electron chi connectivity index (χ3n) is 3.16. The number of hydrogen-bond acceptors (Lipinski definition) is 2. The molecular formula is C17H17ClFNOS. The van der Waals surface area contributed by atoms with Crippen LogP contribution in [0.1, 0.15) is 12.5 Å². The predicted octanol–water partition coefficient (Wildman–Crippen LogP) is 4.62. The molecule has 5 heteroatoms. The molecule has 0 N–H and O–H groups in total. The molecule has 0 bridgehead atoms. The van der Waals surface area contributed by atoms with Gasteiger partial charge in [0.2, 0.25) is 5.91 Å². The highest BCUT2D eigenvalue weighted by Gasteiger charge is 2.18. The minimum absolute atomic E-state index is 0.00390. The van der Waals surface area contributed by atoms with Crippen molar-refractivity contribution in [3.8, 4) is 0 Å². The van der Waals surface area contributed by atoms with Gasteiger partial charge in [-0.25, -0.2) is 4.39 Å². The molecule has 0 aliphatic heterocycles. The fraction of sp³-hybridized carbons (Fsp3) is 0.235. The SMILES string of the molecule is CC(Sc1ccc(Cl)cc1)C(=O)N(C)Cc1cccc(F)c1.